The van der Waals surface area contributed by atoms with Crippen LogP contribution in [0, 0.1) is 32.5 Å². The van der Waals surface area contributed by atoms with Crippen molar-refractivity contribution in [2.45, 2.75) is 53.4 Å². The molecule has 0 bridgehead atoms. The van der Waals surface area contributed by atoms with E-state index in [1.54, 1.807) is 0 Å². The zero-order valence-electron chi connectivity index (χ0n) is 12.1. The van der Waals surface area contributed by atoms with Gasteiger partial charge in [-0.05, 0) is 47.3 Å². The Labute approximate surface area is 113 Å². The Morgan fingerprint density at radius 3 is 1.21 bits per heavy atom. The van der Waals surface area contributed by atoms with Gasteiger partial charge in [0.1, 0.15) is 0 Å². The standard InChI is InChI=1S/C16H20O3/c1-11-5-15-6-12(11,2)14(4)8-16(15,7-13(11,14)3)10(18)19-9(15)17/h5-8H2,1-4H3. The van der Waals surface area contributed by atoms with E-state index in [4.69, 9.17) is 4.74 Å². The largest absolute Gasteiger partial charge is 0.392 e. The van der Waals surface area contributed by atoms with Gasteiger partial charge in [-0.1, -0.05) is 27.7 Å². The SMILES string of the molecule is CC12CC34CC1(C)C1(C)CC3(CC21C)C(=O)OC4=O. The first-order valence-electron chi connectivity index (χ1n) is 7.39. The van der Waals surface area contributed by atoms with Crippen LogP contribution >= 0.6 is 0 Å². The van der Waals surface area contributed by atoms with Crippen LogP contribution < -0.4 is 0 Å². The van der Waals surface area contributed by atoms with Crippen molar-refractivity contribution < 1.29 is 14.3 Å². The molecule has 0 unspecified atom stereocenters. The lowest BCUT2D eigenvalue weighted by Crippen LogP contribution is -2.70. The van der Waals surface area contributed by atoms with Gasteiger partial charge in [0.05, 0.1) is 10.8 Å². The monoisotopic (exact) mass is 260 g/mol. The molecule has 0 aromatic rings. The van der Waals surface area contributed by atoms with Crippen molar-refractivity contribution in [2.75, 3.05) is 0 Å². The van der Waals surface area contributed by atoms with Gasteiger partial charge in [0.2, 0.25) is 0 Å². The Kier molecular flexibility index (Phi) is 1.20. The lowest BCUT2D eigenvalue weighted by molar-refractivity contribution is -0.283. The summed E-state index contributed by atoms with van der Waals surface area (Å²) in [6, 6.07) is 0. The van der Waals surface area contributed by atoms with Crippen molar-refractivity contribution >= 4 is 11.9 Å². The molecule has 1 aliphatic heterocycles. The summed E-state index contributed by atoms with van der Waals surface area (Å²) >= 11 is 0. The van der Waals surface area contributed by atoms with E-state index in [0.717, 1.165) is 25.7 Å². The van der Waals surface area contributed by atoms with E-state index in [1.165, 1.54) is 0 Å². The number of carbonyl (C=O) groups excluding carboxylic acids is 2. The number of cyclic esters (lactones) is 2. The Balaban J connectivity index is 1.90. The molecule has 0 aromatic heterocycles. The molecule has 0 radical (unpaired) electrons. The van der Waals surface area contributed by atoms with Gasteiger partial charge in [-0.2, -0.15) is 0 Å². The minimum Gasteiger partial charge on any atom is -0.392 e. The van der Waals surface area contributed by atoms with Crippen LogP contribution in [0.4, 0.5) is 0 Å². The van der Waals surface area contributed by atoms with Crippen LogP contribution in [0.2, 0.25) is 0 Å². The second-order valence-electron chi connectivity index (χ2n) is 8.88. The third-order valence-electron chi connectivity index (χ3n) is 9.38. The van der Waals surface area contributed by atoms with Gasteiger partial charge in [0, 0.05) is 0 Å². The average molecular weight is 260 g/mol. The predicted octanol–water partition coefficient (Wildman–Crippen LogP) is 2.68. The van der Waals surface area contributed by atoms with Crippen molar-refractivity contribution in [3.05, 3.63) is 0 Å². The Morgan fingerprint density at radius 2 is 0.947 bits per heavy atom. The maximum Gasteiger partial charge on any atom is 0.320 e. The number of fused-ring (bicyclic) bond motifs is 5. The lowest BCUT2D eigenvalue weighted by Gasteiger charge is -2.76. The van der Waals surface area contributed by atoms with Gasteiger partial charge in [0.25, 0.3) is 0 Å². The first kappa shape index (κ1) is 10.9. The summed E-state index contributed by atoms with van der Waals surface area (Å²) in [5, 5.41) is 0. The smallest absolute Gasteiger partial charge is 0.320 e. The molecule has 0 atom stereocenters. The average Bonchev–Trinajstić information content (AvgIpc) is 2.72. The van der Waals surface area contributed by atoms with Crippen LogP contribution in [0.1, 0.15) is 53.4 Å². The highest BCUT2D eigenvalue weighted by Gasteiger charge is 2.98. The van der Waals surface area contributed by atoms with Crippen LogP contribution in [0.15, 0.2) is 0 Å². The number of esters is 2. The third kappa shape index (κ3) is 0.555. The molecule has 19 heavy (non-hydrogen) atoms. The molecule has 0 aromatic carbocycles. The summed E-state index contributed by atoms with van der Waals surface area (Å²) in [6.45, 7) is 9.42. The van der Waals surface area contributed by atoms with E-state index in [9.17, 15) is 9.59 Å². The third-order valence-corrected chi connectivity index (χ3v) is 9.38. The predicted molar refractivity (Wildman–Crippen MR) is 66.9 cm³/mol. The number of carbonyl (C=O) groups is 2. The first-order chi connectivity index (χ1) is 8.63. The summed E-state index contributed by atoms with van der Waals surface area (Å²) in [5.74, 6) is -0.420. The van der Waals surface area contributed by atoms with Gasteiger partial charge in [-0.25, -0.2) is 0 Å². The fourth-order valence-corrected chi connectivity index (χ4v) is 8.11. The molecule has 3 aliphatic carbocycles. The normalized spacial score (nSPS) is 71.2. The molecule has 1 heterocycles. The number of rotatable bonds is 0. The van der Waals surface area contributed by atoms with E-state index >= 15 is 0 Å². The molecular weight excluding hydrogens is 240 g/mol. The Hall–Kier alpha value is -0.860. The van der Waals surface area contributed by atoms with E-state index in [0.29, 0.717) is 0 Å². The van der Waals surface area contributed by atoms with E-state index in [1.807, 2.05) is 0 Å². The zero-order chi connectivity index (χ0) is 13.7. The van der Waals surface area contributed by atoms with Gasteiger partial charge < -0.3 is 4.74 Å². The molecule has 4 aliphatic rings. The zero-order valence-corrected chi connectivity index (χ0v) is 12.1. The Bertz CT molecular complexity index is 507. The number of hydrogen-bond acceptors (Lipinski definition) is 3. The number of ether oxygens (including phenoxy) is 1. The van der Waals surface area contributed by atoms with Gasteiger partial charge >= 0.3 is 11.9 Å². The first-order valence-corrected chi connectivity index (χ1v) is 7.39. The maximum absolute atomic E-state index is 12.4. The fourth-order valence-electron chi connectivity index (χ4n) is 8.11. The second kappa shape index (κ2) is 2.10. The summed E-state index contributed by atoms with van der Waals surface area (Å²) in [4.78, 5) is 24.9. The lowest BCUT2D eigenvalue weighted by atomic mass is 9.28. The highest BCUT2D eigenvalue weighted by molar-refractivity contribution is 6.03. The van der Waals surface area contributed by atoms with Crippen molar-refractivity contribution in [1.29, 1.82) is 0 Å². The molecule has 3 heteroatoms. The molecule has 4 fully saturated rings. The Morgan fingerprint density at radius 1 is 0.684 bits per heavy atom. The minimum absolute atomic E-state index is 0.193. The van der Waals surface area contributed by atoms with Crippen molar-refractivity contribution in [3.8, 4) is 0 Å². The summed E-state index contributed by atoms with van der Waals surface area (Å²) in [6.07, 6.45) is 3.47. The molecule has 2 spiro atoms. The van der Waals surface area contributed by atoms with Crippen LogP contribution in [-0.2, 0) is 14.3 Å². The van der Waals surface area contributed by atoms with Gasteiger partial charge in [-0.3, -0.25) is 9.59 Å². The van der Waals surface area contributed by atoms with Crippen LogP contribution in [0.5, 0.6) is 0 Å². The summed E-state index contributed by atoms with van der Waals surface area (Å²) in [7, 11) is 0. The van der Waals surface area contributed by atoms with Crippen molar-refractivity contribution in [3.63, 3.8) is 0 Å². The minimum atomic E-state index is -0.483. The second-order valence-corrected chi connectivity index (χ2v) is 8.88. The molecule has 0 N–H and O–H groups in total. The number of hydrogen-bond donors (Lipinski definition) is 0. The molecule has 3 nitrogen and oxygen atoms in total. The van der Waals surface area contributed by atoms with E-state index in [-0.39, 0.29) is 33.6 Å². The molecule has 4 rings (SSSR count). The van der Waals surface area contributed by atoms with Gasteiger partial charge in [0.15, 0.2) is 0 Å². The van der Waals surface area contributed by atoms with E-state index in [2.05, 4.69) is 27.7 Å². The fraction of sp³-hybridized carbons (Fsp3) is 0.875. The molecular formula is C16H20O3. The highest BCUT2D eigenvalue weighted by atomic mass is 16.6. The quantitative estimate of drug-likeness (QED) is 0.497. The summed E-state index contributed by atoms with van der Waals surface area (Å²) < 4.78 is 5.17. The van der Waals surface area contributed by atoms with Gasteiger partial charge in [-0.15, -0.1) is 0 Å². The van der Waals surface area contributed by atoms with Crippen LogP contribution in [-0.4, -0.2) is 11.9 Å². The summed E-state index contributed by atoms with van der Waals surface area (Å²) in [5.41, 5.74) is -0.195. The highest BCUT2D eigenvalue weighted by Crippen LogP contribution is 3.00. The molecule has 3 saturated carbocycles. The van der Waals surface area contributed by atoms with Crippen LogP contribution in [0.3, 0.4) is 0 Å². The van der Waals surface area contributed by atoms with Crippen molar-refractivity contribution in [1.82, 2.24) is 0 Å². The van der Waals surface area contributed by atoms with E-state index < -0.39 is 10.8 Å². The molecule has 0 amide bonds. The van der Waals surface area contributed by atoms with Crippen LogP contribution in [0.25, 0.3) is 0 Å². The topological polar surface area (TPSA) is 43.4 Å². The molecule has 1 saturated heterocycles. The molecule has 102 valence electrons. The maximum atomic E-state index is 12.4. The van der Waals surface area contributed by atoms with Crippen molar-refractivity contribution in [2.24, 2.45) is 32.5 Å².